The first kappa shape index (κ1) is 14.0. The van der Waals surface area contributed by atoms with Gasteiger partial charge in [0, 0.05) is 11.9 Å². The molecule has 0 aliphatic rings. The SMILES string of the molecule is Cc1cccc(S(=O)(=O)N(C)c2nc(C)c(C)s2)c1. The summed E-state index contributed by atoms with van der Waals surface area (Å²) in [5.41, 5.74) is 1.78. The van der Waals surface area contributed by atoms with E-state index >= 15 is 0 Å². The van der Waals surface area contributed by atoms with Crippen LogP contribution in [-0.2, 0) is 10.0 Å². The summed E-state index contributed by atoms with van der Waals surface area (Å²) < 4.78 is 26.2. The molecule has 1 aromatic carbocycles. The molecule has 2 rings (SSSR count). The maximum absolute atomic E-state index is 12.5. The van der Waals surface area contributed by atoms with Crippen LogP contribution in [0.15, 0.2) is 29.2 Å². The Morgan fingerprint density at radius 1 is 1.21 bits per heavy atom. The Hall–Kier alpha value is -1.40. The minimum atomic E-state index is -3.54. The van der Waals surface area contributed by atoms with Gasteiger partial charge < -0.3 is 0 Å². The molecule has 0 saturated carbocycles. The summed E-state index contributed by atoms with van der Waals surface area (Å²) in [5, 5.41) is 0.497. The predicted molar refractivity (Wildman–Crippen MR) is 78.4 cm³/mol. The highest BCUT2D eigenvalue weighted by Crippen LogP contribution is 2.28. The molecule has 0 saturated heterocycles. The van der Waals surface area contributed by atoms with Crippen molar-refractivity contribution in [2.24, 2.45) is 0 Å². The van der Waals surface area contributed by atoms with E-state index in [1.165, 1.54) is 22.7 Å². The Morgan fingerprint density at radius 2 is 1.89 bits per heavy atom. The number of nitrogens with zero attached hydrogens (tertiary/aromatic N) is 2. The van der Waals surface area contributed by atoms with Gasteiger partial charge in [-0.15, -0.1) is 11.3 Å². The van der Waals surface area contributed by atoms with E-state index < -0.39 is 10.0 Å². The van der Waals surface area contributed by atoms with Crippen molar-refractivity contribution in [2.75, 3.05) is 11.4 Å². The van der Waals surface area contributed by atoms with Gasteiger partial charge >= 0.3 is 0 Å². The smallest absolute Gasteiger partial charge is 0.244 e. The third-order valence-electron chi connectivity index (χ3n) is 2.93. The summed E-state index contributed by atoms with van der Waals surface area (Å²) >= 11 is 1.38. The highest BCUT2D eigenvalue weighted by molar-refractivity contribution is 7.93. The number of hydrogen-bond donors (Lipinski definition) is 0. The van der Waals surface area contributed by atoms with Crippen LogP contribution in [0, 0.1) is 20.8 Å². The molecule has 2 aromatic rings. The molecule has 0 amide bonds. The van der Waals surface area contributed by atoms with E-state index in [4.69, 9.17) is 0 Å². The molecule has 1 heterocycles. The summed E-state index contributed by atoms with van der Waals surface area (Å²) in [4.78, 5) is 5.61. The zero-order valence-electron chi connectivity index (χ0n) is 11.3. The second kappa shape index (κ2) is 4.94. The van der Waals surface area contributed by atoms with Crippen LogP contribution in [0.3, 0.4) is 0 Å². The number of aromatic nitrogens is 1. The van der Waals surface area contributed by atoms with Gasteiger partial charge in [-0.3, -0.25) is 0 Å². The van der Waals surface area contributed by atoms with Crippen LogP contribution in [0.4, 0.5) is 5.13 Å². The topological polar surface area (TPSA) is 50.3 Å². The lowest BCUT2D eigenvalue weighted by atomic mass is 10.2. The first-order chi connectivity index (χ1) is 8.82. The van der Waals surface area contributed by atoms with Crippen LogP contribution in [0.2, 0.25) is 0 Å². The van der Waals surface area contributed by atoms with E-state index in [2.05, 4.69) is 4.98 Å². The van der Waals surface area contributed by atoms with Crippen LogP contribution in [0.5, 0.6) is 0 Å². The molecule has 0 spiro atoms. The van der Waals surface area contributed by atoms with Crippen molar-refractivity contribution >= 4 is 26.5 Å². The normalized spacial score (nSPS) is 11.6. The summed E-state index contributed by atoms with van der Waals surface area (Å²) in [5.74, 6) is 0. The van der Waals surface area contributed by atoms with Gasteiger partial charge in [0.1, 0.15) is 0 Å². The molecular formula is C13H16N2O2S2. The van der Waals surface area contributed by atoms with Gasteiger partial charge in [-0.1, -0.05) is 12.1 Å². The number of thiazole rings is 1. The fourth-order valence-electron chi connectivity index (χ4n) is 1.63. The van der Waals surface area contributed by atoms with Gasteiger partial charge in [-0.05, 0) is 38.5 Å². The molecule has 0 fully saturated rings. The van der Waals surface area contributed by atoms with Crippen molar-refractivity contribution in [1.82, 2.24) is 4.98 Å². The van der Waals surface area contributed by atoms with Gasteiger partial charge in [0.05, 0.1) is 10.6 Å². The van der Waals surface area contributed by atoms with Gasteiger partial charge in [-0.2, -0.15) is 0 Å². The molecule has 102 valence electrons. The molecule has 0 bridgehead atoms. The number of hydrogen-bond acceptors (Lipinski definition) is 4. The van der Waals surface area contributed by atoms with Crippen LogP contribution >= 0.6 is 11.3 Å². The van der Waals surface area contributed by atoms with Crippen molar-refractivity contribution in [3.8, 4) is 0 Å². The van der Waals surface area contributed by atoms with Gasteiger partial charge in [0.15, 0.2) is 5.13 Å². The van der Waals surface area contributed by atoms with Crippen molar-refractivity contribution < 1.29 is 8.42 Å². The van der Waals surface area contributed by atoms with E-state index in [0.717, 1.165) is 16.1 Å². The highest BCUT2D eigenvalue weighted by atomic mass is 32.2. The van der Waals surface area contributed by atoms with Crippen molar-refractivity contribution in [1.29, 1.82) is 0 Å². The van der Waals surface area contributed by atoms with Crippen LogP contribution in [0.25, 0.3) is 0 Å². The molecule has 19 heavy (non-hydrogen) atoms. The molecule has 4 nitrogen and oxygen atoms in total. The maximum Gasteiger partial charge on any atom is 0.265 e. The maximum atomic E-state index is 12.5. The van der Waals surface area contributed by atoms with E-state index in [1.807, 2.05) is 26.8 Å². The monoisotopic (exact) mass is 296 g/mol. The van der Waals surface area contributed by atoms with Gasteiger partial charge in [0.25, 0.3) is 10.0 Å². The molecule has 0 N–H and O–H groups in total. The Balaban J connectivity index is 2.45. The number of benzene rings is 1. The number of anilines is 1. The first-order valence-electron chi connectivity index (χ1n) is 5.82. The molecule has 6 heteroatoms. The molecule has 0 aliphatic carbocycles. The zero-order valence-corrected chi connectivity index (χ0v) is 13.0. The van der Waals surface area contributed by atoms with Gasteiger partial charge in [-0.25, -0.2) is 17.7 Å². The fourth-order valence-corrected chi connectivity index (χ4v) is 3.96. The number of sulfonamides is 1. The summed E-state index contributed by atoms with van der Waals surface area (Å²) in [7, 11) is -2.00. The predicted octanol–water partition coefficient (Wildman–Crippen LogP) is 2.89. The minimum Gasteiger partial charge on any atom is -0.244 e. The molecule has 1 aromatic heterocycles. The third kappa shape index (κ3) is 2.64. The summed E-state index contributed by atoms with van der Waals surface area (Å²) in [6.45, 7) is 5.68. The average molecular weight is 296 g/mol. The average Bonchev–Trinajstić information content (AvgIpc) is 2.68. The molecular weight excluding hydrogens is 280 g/mol. The summed E-state index contributed by atoms with van der Waals surface area (Å²) in [6.07, 6.45) is 0. The second-order valence-electron chi connectivity index (χ2n) is 4.43. The largest absolute Gasteiger partial charge is 0.265 e. The van der Waals surface area contributed by atoms with Crippen molar-refractivity contribution in [3.63, 3.8) is 0 Å². The number of rotatable bonds is 3. The van der Waals surface area contributed by atoms with Crippen LogP contribution in [0.1, 0.15) is 16.1 Å². The first-order valence-corrected chi connectivity index (χ1v) is 8.07. The van der Waals surface area contributed by atoms with E-state index in [9.17, 15) is 8.42 Å². The summed E-state index contributed by atoms with van der Waals surface area (Å²) in [6, 6.07) is 6.89. The Labute approximate surface area is 117 Å². The van der Waals surface area contributed by atoms with E-state index in [1.54, 1.807) is 18.2 Å². The zero-order chi connectivity index (χ0) is 14.2. The molecule has 0 radical (unpaired) electrons. The fraction of sp³-hybridized carbons (Fsp3) is 0.308. The number of aryl methyl sites for hydroxylation is 3. The Kier molecular flexibility index (Phi) is 3.64. The lowest BCUT2D eigenvalue weighted by Gasteiger charge is -2.16. The molecule has 0 atom stereocenters. The Bertz CT molecular complexity index is 686. The highest BCUT2D eigenvalue weighted by Gasteiger charge is 2.24. The lowest BCUT2D eigenvalue weighted by Crippen LogP contribution is -2.26. The standard InChI is InChI=1S/C13H16N2O2S2/c1-9-6-5-7-12(8-9)19(16,17)15(4)13-14-10(2)11(3)18-13/h5-8H,1-4H3. The molecule has 0 aliphatic heterocycles. The lowest BCUT2D eigenvalue weighted by molar-refractivity contribution is 0.594. The second-order valence-corrected chi connectivity index (χ2v) is 7.58. The minimum absolute atomic E-state index is 0.292. The van der Waals surface area contributed by atoms with E-state index in [0.29, 0.717) is 10.0 Å². The Morgan fingerprint density at radius 3 is 2.42 bits per heavy atom. The van der Waals surface area contributed by atoms with Crippen molar-refractivity contribution in [3.05, 3.63) is 40.4 Å². The third-order valence-corrected chi connectivity index (χ3v) is 5.94. The van der Waals surface area contributed by atoms with Crippen molar-refractivity contribution in [2.45, 2.75) is 25.7 Å². The van der Waals surface area contributed by atoms with E-state index in [-0.39, 0.29) is 0 Å². The van der Waals surface area contributed by atoms with Crippen LogP contribution in [-0.4, -0.2) is 20.4 Å². The quantitative estimate of drug-likeness (QED) is 0.875. The van der Waals surface area contributed by atoms with Crippen LogP contribution < -0.4 is 4.31 Å². The van der Waals surface area contributed by atoms with Gasteiger partial charge in [0.2, 0.25) is 0 Å². The molecule has 0 unspecified atom stereocenters.